The highest BCUT2D eigenvalue weighted by Crippen LogP contribution is 2.37. The van der Waals surface area contributed by atoms with Gasteiger partial charge >= 0.3 is 6.18 Å². The zero-order valence-corrected chi connectivity index (χ0v) is 16.3. The zero-order valence-electron chi connectivity index (χ0n) is 16.3. The molecule has 0 atom stereocenters. The zero-order chi connectivity index (χ0) is 21.6. The standard InChI is InChI=1S/C22H18F3N3O3/c23-22(24,25)20-16-3-1-2-4-17(16)28(27-20)15-8-5-13(6-9-15)21(29)26-14-7-10-18-19(11-14)31-12-30-18/h5-11H,1-4,12H2,(H,26,29). The molecule has 0 unspecified atom stereocenters. The van der Waals surface area contributed by atoms with Crippen molar-refractivity contribution in [1.82, 2.24) is 9.78 Å². The summed E-state index contributed by atoms with van der Waals surface area (Å²) in [5.74, 6) is 0.823. The molecule has 0 saturated heterocycles. The van der Waals surface area contributed by atoms with Crippen LogP contribution in [0.1, 0.15) is 40.2 Å². The van der Waals surface area contributed by atoms with Crippen LogP contribution in [0.15, 0.2) is 42.5 Å². The molecule has 31 heavy (non-hydrogen) atoms. The predicted octanol–water partition coefficient (Wildman–Crippen LogP) is 4.75. The fourth-order valence-electron chi connectivity index (χ4n) is 3.97. The van der Waals surface area contributed by atoms with Crippen LogP contribution in [-0.2, 0) is 19.0 Å². The number of alkyl halides is 3. The second-order valence-corrected chi connectivity index (χ2v) is 7.46. The smallest absolute Gasteiger partial charge is 0.435 e. The summed E-state index contributed by atoms with van der Waals surface area (Å²) < 4.78 is 52.2. The number of hydrogen-bond donors (Lipinski definition) is 1. The number of carbonyl (C=O) groups excluding carboxylic acids is 1. The average molecular weight is 429 g/mol. The minimum Gasteiger partial charge on any atom is -0.454 e. The van der Waals surface area contributed by atoms with Crippen LogP contribution < -0.4 is 14.8 Å². The van der Waals surface area contributed by atoms with Crippen molar-refractivity contribution in [2.45, 2.75) is 31.9 Å². The lowest BCUT2D eigenvalue weighted by Crippen LogP contribution is -2.12. The summed E-state index contributed by atoms with van der Waals surface area (Å²) in [6.45, 7) is 0.140. The predicted molar refractivity (Wildman–Crippen MR) is 106 cm³/mol. The lowest BCUT2D eigenvalue weighted by atomic mass is 9.95. The van der Waals surface area contributed by atoms with Crippen LogP contribution in [0.3, 0.4) is 0 Å². The molecule has 0 fully saturated rings. The Morgan fingerprint density at radius 3 is 2.52 bits per heavy atom. The first-order valence-corrected chi connectivity index (χ1v) is 9.89. The average Bonchev–Trinajstić information content (AvgIpc) is 3.38. The molecule has 2 aromatic carbocycles. The number of nitrogens with one attached hydrogen (secondary N) is 1. The van der Waals surface area contributed by atoms with Crippen molar-refractivity contribution in [3.05, 3.63) is 65.0 Å². The van der Waals surface area contributed by atoms with Crippen LogP contribution in [-0.4, -0.2) is 22.5 Å². The number of halogens is 3. The minimum absolute atomic E-state index is 0.140. The van der Waals surface area contributed by atoms with Gasteiger partial charge in [0.05, 0.1) is 5.69 Å². The highest BCUT2D eigenvalue weighted by molar-refractivity contribution is 6.04. The first-order chi connectivity index (χ1) is 14.9. The van der Waals surface area contributed by atoms with Gasteiger partial charge in [-0.2, -0.15) is 18.3 Å². The molecule has 0 bridgehead atoms. The van der Waals surface area contributed by atoms with Crippen molar-refractivity contribution in [1.29, 1.82) is 0 Å². The van der Waals surface area contributed by atoms with Crippen LogP contribution in [0.5, 0.6) is 11.5 Å². The molecule has 1 aliphatic carbocycles. The van der Waals surface area contributed by atoms with Gasteiger partial charge in [-0.05, 0) is 62.1 Å². The van der Waals surface area contributed by atoms with E-state index in [-0.39, 0.29) is 18.3 Å². The van der Waals surface area contributed by atoms with E-state index >= 15 is 0 Å². The van der Waals surface area contributed by atoms with E-state index in [1.807, 2.05) is 0 Å². The largest absolute Gasteiger partial charge is 0.454 e. The molecular formula is C22H18F3N3O3. The third-order valence-corrected chi connectivity index (χ3v) is 5.45. The number of anilines is 1. The lowest BCUT2D eigenvalue weighted by molar-refractivity contribution is -0.142. The number of hydrogen-bond acceptors (Lipinski definition) is 4. The molecule has 2 heterocycles. The van der Waals surface area contributed by atoms with Gasteiger partial charge in [0.15, 0.2) is 17.2 Å². The Balaban J connectivity index is 1.39. The Labute approximate surface area is 175 Å². The summed E-state index contributed by atoms with van der Waals surface area (Å²) in [6.07, 6.45) is -2.02. The lowest BCUT2D eigenvalue weighted by Gasteiger charge is -2.15. The first-order valence-electron chi connectivity index (χ1n) is 9.89. The molecule has 5 rings (SSSR count). The Hall–Kier alpha value is -3.49. The van der Waals surface area contributed by atoms with Crippen molar-refractivity contribution in [2.24, 2.45) is 0 Å². The second-order valence-electron chi connectivity index (χ2n) is 7.46. The van der Waals surface area contributed by atoms with Crippen molar-refractivity contribution >= 4 is 11.6 Å². The molecule has 2 aliphatic rings. The molecule has 9 heteroatoms. The van der Waals surface area contributed by atoms with Gasteiger partial charge in [0.25, 0.3) is 5.91 Å². The summed E-state index contributed by atoms with van der Waals surface area (Å²) in [5, 5.41) is 6.65. The van der Waals surface area contributed by atoms with E-state index in [0.717, 1.165) is 12.8 Å². The first kappa shape index (κ1) is 19.5. The normalized spacial score (nSPS) is 14.9. The van der Waals surface area contributed by atoms with Crippen molar-refractivity contribution in [3.63, 3.8) is 0 Å². The van der Waals surface area contributed by atoms with Crippen LogP contribution in [0.25, 0.3) is 5.69 Å². The van der Waals surface area contributed by atoms with Crippen molar-refractivity contribution < 1.29 is 27.4 Å². The number of fused-ring (bicyclic) bond motifs is 2. The van der Waals surface area contributed by atoms with E-state index in [1.54, 1.807) is 42.5 Å². The summed E-state index contributed by atoms with van der Waals surface area (Å²) in [5.41, 5.74) is 1.48. The Bertz CT molecular complexity index is 1150. The van der Waals surface area contributed by atoms with E-state index in [2.05, 4.69) is 10.4 Å². The molecule has 3 aromatic rings. The molecule has 0 spiro atoms. The number of carbonyl (C=O) groups is 1. The van der Waals surface area contributed by atoms with E-state index in [0.29, 0.717) is 47.0 Å². The highest BCUT2D eigenvalue weighted by atomic mass is 19.4. The van der Waals surface area contributed by atoms with Gasteiger partial charge in [0.2, 0.25) is 6.79 Å². The van der Waals surface area contributed by atoms with Crippen molar-refractivity contribution in [2.75, 3.05) is 12.1 Å². The van der Waals surface area contributed by atoms with Gasteiger partial charge in [0.1, 0.15) is 0 Å². The summed E-state index contributed by atoms with van der Waals surface area (Å²) >= 11 is 0. The fraction of sp³-hybridized carbons (Fsp3) is 0.273. The van der Waals surface area contributed by atoms with Crippen LogP contribution in [0.4, 0.5) is 18.9 Å². The maximum atomic E-state index is 13.4. The molecule has 160 valence electrons. The van der Waals surface area contributed by atoms with Crippen LogP contribution in [0, 0.1) is 0 Å². The molecule has 1 amide bonds. The van der Waals surface area contributed by atoms with Crippen molar-refractivity contribution in [3.8, 4) is 17.2 Å². The fourth-order valence-corrected chi connectivity index (χ4v) is 3.97. The van der Waals surface area contributed by atoms with Crippen LogP contribution >= 0.6 is 0 Å². The third-order valence-electron chi connectivity index (χ3n) is 5.45. The number of aromatic nitrogens is 2. The van der Waals surface area contributed by atoms with Gasteiger partial charge < -0.3 is 14.8 Å². The second kappa shape index (κ2) is 7.33. The molecule has 0 radical (unpaired) electrons. The topological polar surface area (TPSA) is 65.4 Å². The van der Waals surface area contributed by atoms with Gasteiger partial charge in [-0.15, -0.1) is 0 Å². The van der Waals surface area contributed by atoms with Gasteiger partial charge in [-0.3, -0.25) is 4.79 Å². The van der Waals surface area contributed by atoms with E-state index in [9.17, 15) is 18.0 Å². The van der Waals surface area contributed by atoms with Gasteiger partial charge in [0, 0.05) is 28.6 Å². The monoisotopic (exact) mass is 429 g/mol. The molecule has 1 aliphatic heterocycles. The Morgan fingerprint density at radius 2 is 1.74 bits per heavy atom. The molecule has 6 nitrogen and oxygen atoms in total. The maximum absolute atomic E-state index is 13.4. The number of benzene rings is 2. The van der Waals surface area contributed by atoms with E-state index < -0.39 is 11.9 Å². The summed E-state index contributed by atoms with van der Waals surface area (Å²) in [7, 11) is 0. The quantitative estimate of drug-likeness (QED) is 0.653. The summed E-state index contributed by atoms with van der Waals surface area (Å²) in [6, 6.07) is 11.4. The van der Waals surface area contributed by atoms with Crippen LogP contribution in [0.2, 0.25) is 0 Å². The number of nitrogens with zero attached hydrogens (tertiary/aromatic N) is 2. The number of ether oxygens (including phenoxy) is 2. The molecule has 0 saturated carbocycles. The minimum atomic E-state index is -4.49. The Morgan fingerprint density at radius 1 is 1.00 bits per heavy atom. The maximum Gasteiger partial charge on any atom is 0.435 e. The SMILES string of the molecule is O=C(Nc1ccc2c(c1)OCO2)c1ccc(-n2nc(C(F)(F)F)c3c2CCCC3)cc1. The van der Waals surface area contributed by atoms with E-state index in [4.69, 9.17) is 9.47 Å². The summed E-state index contributed by atoms with van der Waals surface area (Å²) in [4.78, 5) is 12.6. The number of amides is 1. The highest BCUT2D eigenvalue weighted by Gasteiger charge is 2.39. The third kappa shape index (κ3) is 3.60. The Kier molecular flexibility index (Phi) is 4.60. The number of rotatable bonds is 3. The van der Waals surface area contributed by atoms with Gasteiger partial charge in [-0.25, -0.2) is 4.68 Å². The van der Waals surface area contributed by atoms with E-state index in [1.165, 1.54) is 4.68 Å². The molecule has 1 aromatic heterocycles. The van der Waals surface area contributed by atoms with Gasteiger partial charge in [-0.1, -0.05) is 0 Å². The molecular weight excluding hydrogens is 411 g/mol. The molecule has 1 N–H and O–H groups in total.